The van der Waals surface area contributed by atoms with Crippen LogP contribution in [0.3, 0.4) is 0 Å². The summed E-state index contributed by atoms with van der Waals surface area (Å²) in [5.41, 5.74) is 6.01. The normalized spacial score (nSPS) is 15.8. The Balaban J connectivity index is 1.82. The van der Waals surface area contributed by atoms with Crippen LogP contribution in [0.5, 0.6) is 0 Å². The molecule has 1 saturated carbocycles. The smallest absolute Gasteiger partial charge is 0.146 e. The second kappa shape index (κ2) is 5.06. The summed E-state index contributed by atoms with van der Waals surface area (Å²) in [7, 11) is 0. The minimum Gasteiger partial charge on any atom is -0.383 e. The molecule has 4 nitrogen and oxygen atoms in total. The summed E-state index contributed by atoms with van der Waals surface area (Å²) in [6.07, 6.45) is 2.62. The van der Waals surface area contributed by atoms with Crippen molar-refractivity contribution in [1.82, 2.24) is 14.9 Å². The summed E-state index contributed by atoms with van der Waals surface area (Å²) in [5, 5.41) is 3.00. The van der Waals surface area contributed by atoms with Gasteiger partial charge in [0.1, 0.15) is 16.5 Å². The fraction of sp³-hybridized carbons (Fsp3) is 0.571. The lowest BCUT2D eigenvalue weighted by atomic mass is 10.2. The number of hydrogen-bond acceptors (Lipinski definition) is 5. The molecule has 2 aromatic rings. The number of rotatable bonds is 5. The molecule has 0 bridgehead atoms. The number of hydrogen-bond donors (Lipinski definition) is 1. The Labute approximate surface area is 117 Å². The first-order valence-corrected chi connectivity index (χ1v) is 7.75. The topological polar surface area (TPSA) is 55.0 Å². The first-order chi connectivity index (χ1) is 9.13. The van der Waals surface area contributed by atoms with Crippen LogP contribution in [0.4, 0.5) is 5.82 Å². The van der Waals surface area contributed by atoms with Gasteiger partial charge < -0.3 is 5.73 Å². The molecular formula is C14H20N4S. The molecule has 0 atom stereocenters. The predicted molar refractivity (Wildman–Crippen MR) is 80.1 cm³/mol. The lowest BCUT2D eigenvalue weighted by molar-refractivity contribution is 0.221. The van der Waals surface area contributed by atoms with E-state index in [-0.39, 0.29) is 0 Å². The van der Waals surface area contributed by atoms with E-state index in [0.717, 1.165) is 35.2 Å². The molecular weight excluding hydrogens is 256 g/mol. The maximum atomic E-state index is 6.01. The molecule has 1 aliphatic carbocycles. The van der Waals surface area contributed by atoms with Gasteiger partial charge in [0.25, 0.3) is 0 Å². The third-order valence-corrected chi connectivity index (χ3v) is 4.21. The highest BCUT2D eigenvalue weighted by molar-refractivity contribution is 7.16. The molecule has 2 heterocycles. The van der Waals surface area contributed by atoms with Gasteiger partial charge in [0, 0.05) is 12.6 Å². The Bertz CT molecular complexity index is 574. The maximum Gasteiger partial charge on any atom is 0.146 e. The fourth-order valence-corrected chi connectivity index (χ4v) is 3.22. The molecule has 0 saturated heterocycles. The molecule has 0 radical (unpaired) electrons. The Morgan fingerprint density at radius 2 is 2.21 bits per heavy atom. The van der Waals surface area contributed by atoms with Crippen molar-refractivity contribution in [1.29, 1.82) is 0 Å². The van der Waals surface area contributed by atoms with Crippen molar-refractivity contribution < 1.29 is 0 Å². The quantitative estimate of drug-likeness (QED) is 0.912. The Hall–Kier alpha value is -1.20. The minimum absolute atomic E-state index is 0.613. The van der Waals surface area contributed by atoms with Crippen LogP contribution in [0.25, 0.3) is 10.2 Å². The third-order valence-electron chi connectivity index (χ3n) is 3.41. The zero-order valence-electron chi connectivity index (χ0n) is 11.5. The van der Waals surface area contributed by atoms with Gasteiger partial charge in [-0.3, -0.25) is 4.90 Å². The predicted octanol–water partition coefficient (Wildman–Crippen LogP) is 2.89. The molecule has 2 N–H and O–H groups in total. The van der Waals surface area contributed by atoms with Gasteiger partial charge in [-0.25, -0.2) is 9.97 Å². The van der Waals surface area contributed by atoms with Crippen molar-refractivity contribution >= 4 is 27.4 Å². The number of nitrogens with two attached hydrogens (primary N) is 1. The van der Waals surface area contributed by atoms with E-state index in [1.54, 1.807) is 11.3 Å². The van der Waals surface area contributed by atoms with Crippen LogP contribution in [0.1, 0.15) is 32.5 Å². The molecule has 102 valence electrons. The van der Waals surface area contributed by atoms with Gasteiger partial charge in [-0.2, -0.15) is 0 Å². The number of aromatic nitrogens is 2. The first kappa shape index (κ1) is 12.8. The van der Waals surface area contributed by atoms with Gasteiger partial charge >= 0.3 is 0 Å². The van der Waals surface area contributed by atoms with E-state index in [1.807, 2.05) is 11.4 Å². The molecule has 0 amide bonds. The van der Waals surface area contributed by atoms with E-state index in [2.05, 4.69) is 28.7 Å². The van der Waals surface area contributed by atoms with E-state index >= 15 is 0 Å². The van der Waals surface area contributed by atoms with Crippen LogP contribution in [0.15, 0.2) is 11.4 Å². The van der Waals surface area contributed by atoms with Gasteiger partial charge in [-0.1, -0.05) is 13.8 Å². The Kier molecular flexibility index (Phi) is 3.41. The second-order valence-corrected chi connectivity index (χ2v) is 6.61. The molecule has 1 fully saturated rings. The van der Waals surface area contributed by atoms with Gasteiger partial charge in [0.2, 0.25) is 0 Å². The molecule has 3 rings (SSSR count). The largest absolute Gasteiger partial charge is 0.383 e. The second-order valence-electron chi connectivity index (χ2n) is 5.72. The summed E-state index contributed by atoms with van der Waals surface area (Å²) in [4.78, 5) is 12.6. The zero-order valence-corrected chi connectivity index (χ0v) is 12.3. The van der Waals surface area contributed by atoms with Crippen LogP contribution in [-0.4, -0.2) is 27.5 Å². The number of nitrogen functional groups attached to an aromatic ring is 1. The van der Waals surface area contributed by atoms with Crippen molar-refractivity contribution in [2.24, 2.45) is 5.92 Å². The van der Waals surface area contributed by atoms with E-state index in [4.69, 9.17) is 5.73 Å². The van der Waals surface area contributed by atoms with Gasteiger partial charge in [0.05, 0.1) is 11.9 Å². The SMILES string of the molecule is CC(C)CN(Cc1nc(N)c2ccsc2n1)C1CC1. The standard InChI is InChI=1S/C14H20N4S/c1-9(2)7-18(10-3-4-10)8-12-16-13(15)11-5-6-19-14(11)17-12/h5-6,9-10H,3-4,7-8H2,1-2H3,(H2,15,16,17). The number of nitrogens with zero attached hydrogens (tertiary/aromatic N) is 3. The molecule has 0 aromatic carbocycles. The highest BCUT2D eigenvalue weighted by Gasteiger charge is 2.29. The molecule has 19 heavy (non-hydrogen) atoms. The molecule has 0 spiro atoms. The lowest BCUT2D eigenvalue weighted by Crippen LogP contribution is -2.30. The third kappa shape index (κ3) is 2.87. The van der Waals surface area contributed by atoms with Crippen LogP contribution >= 0.6 is 11.3 Å². The van der Waals surface area contributed by atoms with Crippen molar-refractivity contribution in [3.05, 3.63) is 17.3 Å². The molecule has 0 aliphatic heterocycles. The first-order valence-electron chi connectivity index (χ1n) is 6.87. The Morgan fingerprint density at radius 1 is 1.42 bits per heavy atom. The van der Waals surface area contributed by atoms with E-state index in [0.29, 0.717) is 11.7 Å². The summed E-state index contributed by atoms with van der Waals surface area (Å²) in [6.45, 7) is 6.44. The van der Waals surface area contributed by atoms with Crippen molar-refractivity contribution in [2.45, 2.75) is 39.3 Å². The summed E-state index contributed by atoms with van der Waals surface area (Å²) >= 11 is 1.63. The van der Waals surface area contributed by atoms with Crippen LogP contribution < -0.4 is 5.73 Å². The summed E-state index contributed by atoms with van der Waals surface area (Å²) in [5.74, 6) is 2.14. The van der Waals surface area contributed by atoms with Crippen LogP contribution in [0, 0.1) is 5.92 Å². The van der Waals surface area contributed by atoms with Gasteiger partial charge in [-0.15, -0.1) is 11.3 Å². The number of anilines is 1. The molecule has 1 aliphatic rings. The van der Waals surface area contributed by atoms with Crippen molar-refractivity contribution in [3.63, 3.8) is 0 Å². The van der Waals surface area contributed by atoms with E-state index in [9.17, 15) is 0 Å². The molecule has 0 unspecified atom stereocenters. The molecule has 5 heteroatoms. The summed E-state index contributed by atoms with van der Waals surface area (Å²) in [6, 6.07) is 2.72. The minimum atomic E-state index is 0.613. The van der Waals surface area contributed by atoms with Crippen LogP contribution in [-0.2, 0) is 6.54 Å². The zero-order chi connectivity index (χ0) is 13.4. The number of thiophene rings is 1. The molecule has 2 aromatic heterocycles. The average Bonchev–Trinajstić information content (AvgIpc) is 3.07. The van der Waals surface area contributed by atoms with Crippen LogP contribution in [0.2, 0.25) is 0 Å². The highest BCUT2D eigenvalue weighted by Crippen LogP contribution is 2.29. The Morgan fingerprint density at radius 3 is 2.89 bits per heavy atom. The summed E-state index contributed by atoms with van der Waals surface area (Å²) < 4.78 is 0. The number of fused-ring (bicyclic) bond motifs is 1. The van der Waals surface area contributed by atoms with Crippen molar-refractivity contribution in [3.8, 4) is 0 Å². The average molecular weight is 276 g/mol. The fourth-order valence-electron chi connectivity index (χ4n) is 2.43. The monoisotopic (exact) mass is 276 g/mol. The van der Waals surface area contributed by atoms with Crippen molar-refractivity contribution in [2.75, 3.05) is 12.3 Å². The van der Waals surface area contributed by atoms with Gasteiger partial charge in [-0.05, 0) is 30.2 Å². The van der Waals surface area contributed by atoms with E-state index < -0.39 is 0 Å². The maximum absolute atomic E-state index is 6.01. The lowest BCUT2D eigenvalue weighted by Gasteiger charge is -2.23. The van der Waals surface area contributed by atoms with E-state index in [1.165, 1.54) is 12.8 Å². The van der Waals surface area contributed by atoms with Gasteiger partial charge in [0.15, 0.2) is 0 Å². The highest BCUT2D eigenvalue weighted by atomic mass is 32.1.